The molecule has 498 valence electrons. The van der Waals surface area contributed by atoms with Gasteiger partial charge >= 0.3 is 5.97 Å². The number of nitrogens with zero attached hydrogens (tertiary/aromatic N) is 1. The fourth-order valence-corrected chi connectivity index (χ4v) is 9.67. The molecule has 32 nitrogen and oxygen atoms in total. The minimum absolute atomic E-state index is 0.0382. The number of benzene rings is 1. The second kappa shape index (κ2) is 39.4. The van der Waals surface area contributed by atoms with Crippen molar-refractivity contribution < 1.29 is 67.7 Å². The Morgan fingerprint density at radius 1 is 0.596 bits per heavy atom. The number of carboxylic acids is 1. The molecule has 0 aromatic heterocycles. The summed E-state index contributed by atoms with van der Waals surface area (Å²) < 4.78 is 0. The van der Waals surface area contributed by atoms with Gasteiger partial charge in [0.2, 0.25) is 65.0 Å². The maximum Gasteiger partial charge on any atom is 0.305 e. The highest BCUT2D eigenvalue weighted by molar-refractivity contribution is 6.00. The van der Waals surface area contributed by atoms with Gasteiger partial charge in [-0.3, -0.25) is 79.0 Å². The van der Waals surface area contributed by atoms with Gasteiger partial charge in [-0.15, -0.1) is 0 Å². The van der Waals surface area contributed by atoms with E-state index in [2.05, 4.69) is 58.5 Å². The summed E-state index contributed by atoms with van der Waals surface area (Å²) in [6, 6.07) is -5.39. The van der Waals surface area contributed by atoms with E-state index in [1.54, 1.807) is 30.3 Å². The van der Waals surface area contributed by atoms with Crippen LogP contribution >= 0.6 is 0 Å². The largest absolute Gasteiger partial charge is 0.481 e. The zero-order valence-corrected chi connectivity index (χ0v) is 52.0. The number of rotatable bonds is 40. The van der Waals surface area contributed by atoms with Gasteiger partial charge in [0.25, 0.3) is 0 Å². The van der Waals surface area contributed by atoms with Gasteiger partial charge in [-0.2, -0.15) is 0 Å². The van der Waals surface area contributed by atoms with E-state index in [9.17, 15) is 67.7 Å². The standard InChI is InChI=1S/C57H96N18O14/c1-30(2)26-39(46(59)80)71-48(82)37(19-13-23-64-56(60)61)70-51(85)41(28-35-16-9-8-10-17-35)72-49(83)36(18-11-12-22-58)69-52(86)42(29-44(78)79)73-54(88)45(33(6)76)74-47(81)32(5)66-53(87)43-21-15-25-75(43)55(89)38(20-14-24-65-57(62)63)68-40(27-31(3)4)50(84)67-34(7)77/h8-10,16-17,30-33,36-43,45,68,76H,11-15,18-29,58H2,1-7H3,(H2,59,80)(H,66,87)(H,69,86)(H,70,85)(H,71,82)(H,72,83)(H,73,88)(H,74,81)(H,78,79)(H4,60,61,64)(H4,62,63,65)(H,67,77,84)/t32-,33+,36-,37-,38-,39-,40-,41-,42-,43-,45-/m0/s1. The number of imide groups is 1. The third-order valence-corrected chi connectivity index (χ3v) is 14.2. The molecule has 0 radical (unpaired) electrons. The van der Waals surface area contributed by atoms with Crippen LogP contribution in [0.4, 0.5) is 0 Å². The average Bonchev–Trinajstić information content (AvgIpc) is 4.05. The number of amides is 11. The number of carbonyl (C=O) groups is 12. The van der Waals surface area contributed by atoms with E-state index in [1.807, 2.05) is 27.7 Å². The second-order valence-electron chi connectivity index (χ2n) is 23.0. The van der Waals surface area contributed by atoms with E-state index in [0.717, 1.165) is 6.92 Å². The number of aliphatic hydroxyl groups is 1. The summed E-state index contributed by atoms with van der Waals surface area (Å²) in [5, 5.41) is 63.8. The smallest absolute Gasteiger partial charge is 0.305 e. The first-order valence-electron chi connectivity index (χ1n) is 29.9. The number of primary amides is 1. The van der Waals surface area contributed by atoms with Crippen molar-refractivity contribution in [2.45, 2.75) is 198 Å². The summed E-state index contributed by atoms with van der Waals surface area (Å²) in [4.78, 5) is 164. The lowest BCUT2D eigenvalue weighted by atomic mass is 10.00. The molecule has 1 aliphatic rings. The van der Waals surface area contributed by atoms with Gasteiger partial charge in [0, 0.05) is 33.0 Å². The minimum Gasteiger partial charge on any atom is -0.481 e. The number of nitrogens with two attached hydrogens (primary N) is 4. The Morgan fingerprint density at radius 3 is 1.60 bits per heavy atom. The predicted octanol–water partition coefficient (Wildman–Crippen LogP) is -4.29. The third-order valence-electron chi connectivity index (χ3n) is 14.2. The fraction of sp³-hybridized carbons (Fsp3) is 0.649. The zero-order chi connectivity index (χ0) is 67.1. The maximum absolute atomic E-state index is 14.4. The highest BCUT2D eigenvalue weighted by atomic mass is 16.4. The van der Waals surface area contributed by atoms with E-state index in [0.29, 0.717) is 18.4 Å². The van der Waals surface area contributed by atoms with Gasteiger partial charge in [-0.05, 0) is 108 Å². The number of aliphatic carboxylic acids is 1. The topological polar surface area (TPSA) is 533 Å². The van der Waals surface area contributed by atoms with Crippen LogP contribution in [-0.4, -0.2) is 191 Å². The van der Waals surface area contributed by atoms with Crippen molar-refractivity contribution in [1.29, 1.82) is 10.8 Å². The maximum atomic E-state index is 14.4. The molecule has 1 aromatic carbocycles. The average molecular weight is 1260 g/mol. The Morgan fingerprint density at radius 2 is 1.09 bits per heavy atom. The molecule has 1 aromatic rings. The molecule has 1 saturated heterocycles. The van der Waals surface area contributed by atoms with Crippen molar-refractivity contribution in [2.75, 3.05) is 26.2 Å². The lowest BCUT2D eigenvalue weighted by Gasteiger charge is -2.32. The predicted molar refractivity (Wildman–Crippen MR) is 327 cm³/mol. The quantitative estimate of drug-likeness (QED) is 0.0168. The van der Waals surface area contributed by atoms with Gasteiger partial charge in [0.05, 0.1) is 24.6 Å². The highest BCUT2D eigenvalue weighted by Gasteiger charge is 2.41. The molecule has 1 aliphatic heterocycles. The Bertz CT molecular complexity index is 2590. The lowest BCUT2D eigenvalue weighted by molar-refractivity contribution is -0.142. The van der Waals surface area contributed by atoms with Crippen molar-refractivity contribution in [3.63, 3.8) is 0 Å². The first-order chi connectivity index (χ1) is 41.8. The van der Waals surface area contributed by atoms with Crippen molar-refractivity contribution >= 4 is 82.9 Å². The number of aliphatic hydroxyl groups excluding tert-OH is 1. The second-order valence-corrected chi connectivity index (χ2v) is 23.0. The summed E-state index contributed by atoms with van der Waals surface area (Å²) in [6.45, 7) is 11.5. The van der Waals surface area contributed by atoms with Crippen molar-refractivity contribution in [3.8, 4) is 0 Å². The van der Waals surface area contributed by atoms with E-state index in [1.165, 1.54) is 18.7 Å². The molecule has 0 bridgehead atoms. The molecular formula is C57H96N18O14. The summed E-state index contributed by atoms with van der Waals surface area (Å²) in [6.07, 6.45) is -0.995. The number of carbonyl (C=O) groups excluding carboxylic acids is 11. The van der Waals surface area contributed by atoms with Crippen LogP contribution in [0.3, 0.4) is 0 Å². The van der Waals surface area contributed by atoms with Crippen LogP contribution in [0.1, 0.15) is 131 Å². The van der Waals surface area contributed by atoms with Crippen molar-refractivity contribution in [2.24, 2.45) is 34.8 Å². The lowest BCUT2D eigenvalue weighted by Crippen LogP contribution is -2.62. The van der Waals surface area contributed by atoms with Gasteiger partial charge < -0.3 is 85.9 Å². The Labute approximate surface area is 518 Å². The zero-order valence-electron chi connectivity index (χ0n) is 52.0. The number of unbranched alkanes of at least 4 members (excludes halogenated alkanes) is 1. The van der Waals surface area contributed by atoms with Gasteiger partial charge in [0.1, 0.15) is 48.3 Å². The van der Waals surface area contributed by atoms with Crippen LogP contribution in [0.15, 0.2) is 30.3 Å². The number of nitrogens with one attached hydrogen (secondary N) is 13. The van der Waals surface area contributed by atoms with Crippen molar-refractivity contribution in [3.05, 3.63) is 35.9 Å². The molecule has 0 aliphatic carbocycles. The Kier molecular flexibility index (Phi) is 33.9. The first-order valence-corrected chi connectivity index (χ1v) is 29.9. The van der Waals surface area contributed by atoms with Crippen LogP contribution in [0.2, 0.25) is 0 Å². The van der Waals surface area contributed by atoms with Gasteiger partial charge in [-0.25, -0.2) is 0 Å². The van der Waals surface area contributed by atoms with Crippen LogP contribution in [0.25, 0.3) is 0 Å². The van der Waals surface area contributed by atoms with Crippen LogP contribution in [0.5, 0.6) is 0 Å². The van der Waals surface area contributed by atoms with E-state index >= 15 is 0 Å². The SMILES string of the molecule is CC(=O)NC(=O)[C@H](CC(C)C)N[C@@H](CCCNC(=N)N)C(=O)N1CCC[C@H]1C(=O)N[C@@H](C)C(=O)N[C@H](C(=O)N[C@@H](CC(=O)O)C(=O)N[C@@H](CCCCN)C(=O)N[C@@H](Cc1ccccc1)C(=O)N[C@@H](CCCNC(=N)N)C(=O)N[C@@H](CC(C)C)C(N)=O)[C@@H](C)O. The molecule has 32 heteroatoms. The molecular weight excluding hydrogens is 1160 g/mol. The number of hydrogen-bond donors (Lipinski definition) is 19. The fourth-order valence-electron chi connectivity index (χ4n) is 9.67. The van der Waals surface area contributed by atoms with E-state index < -0.39 is 144 Å². The first kappa shape index (κ1) is 76.6. The minimum atomic E-state index is -1.96. The number of hydrogen-bond acceptors (Lipinski definition) is 17. The molecule has 23 N–H and O–H groups in total. The summed E-state index contributed by atoms with van der Waals surface area (Å²) >= 11 is 0. The Hall–Kier alpha value is -8.52. The van der Waals surface area contributed by atoms with Gasteiger partial charge in [0.15, 0.2) is 11.9 Å². The summed E-state index contributed by atoms with van der Waals surface area (Å²) in [5.41, 5.74) is 22.8. The van der Waals surface area contributed by atoms with Crippen LogP contribution in [-0.2, 0) is 64.0 Å². The van der Waals surface area contributed by atoms with E-state index in [4.69, 9.17) is 33.8 Å². The number of likely N-dealkylation sites (tertiary alicyclic amines) is 1. The molecule has 0 spiro atoms. The summed E-state index contributed by atoms with van der Waals surface area (Å²) in [7, 11) is 0. The monoisotopic (exact) mass is 1260 g/mol. The number of guanidine groups is 2. The number of carboxylic acid groups (broad SMARTS) is 1. The Balaban J connectivity index is 2.40. The third kappa shape index (κ3) is 28.9. The molecule has 89 heavy (non-hydrogen) atoms. The molecule has 2 rings (SSSR count). The highest BCUT2D eigenvalue weighted by Crippen LogP contribution is 2.21. The molecule has 11 atom stereocenters. The normalized spacial score (nSPS) is 16.2. The van der Waals surface area contributed by atoms with Gasteiger partial charge in [-0.1, -0.05) is 58.0 Å². The van der Waals surface area contributed by atoms with E-state index in [-0.39, 0.29) is 114 Å². The molecule has 11 amide bonds. The van der Waals surface area contributed by atoms with Crippen molar-refractivity contribution in [1.82, 2.24) is 63.4 Å². The van der Waals surface area contributed by atoms with Crippen LogP contribution < -0.4 is 81.4 Å². The molecule has 1 fully saturated rings. The molecule has 1 heterocycles. The summed E-state index contributed by atoms with van der Waals surface area (Å²) in [5.74, 6) is -11.8. The molecule has 0 unspecified atom stereocenters. The van der Waals surface area contributed by atoms with Crippen LogP contribution in [0, 0.1) is 22.7 Å². The molecule has 0 saturated carbocycles.